The number of carbonyl (C=O) groups is 2. The second-order valence-corrected chi connectivity index (χ2v) is 5.23. The summed E-state index contributed by atoms with van der Waals surface area (Å²) in [6.07, 6.45) is 0. The van der Waals surface area contributed by atoms with Crippen molar-refractivity contribution in [3.05, 3.63) is 34.9 Å². The first kappa shape index (κ1) is 16.5. The number of hydrogen-bond donors (Lipinski definition) is 3. The van der Waals surface area contributed by atoms with Crippen molar-refractivity contribution in [3.63, 3.8) is 0 Å². The van der Waals surface area contributed by atoms with Crippen molar-refractivity contribution in [3.8, 4) is 0 Å². The van der Waals surface area contributed by atoms with Gasteiger partial charge in [0.05, 0.1) is 19.2 Å². The van der Waals surface area contributed by atoms with E-state index in [-0.39, 0.29) is 36.9 Å². The lowest BCUT2D eigenvalue weighted by Crippen LogP contribution is -2.45. The van der Waals surface area contributed by atoms with Crippen LogP contribution in [0.25, 0.3) is 0 Å². The molecule has 110 valence electrons. The standard InChI is InChI=1S/C14H19ClN2O3/c1-9(2)12(8-18)17-13(19)7-16-14(20)10-4-3-5-11(15)6-10/h3-6,9,12,18H,7-8H2,1-2H3,(H,16,20)(H,17,19). The van der Waals surface area contributed by atoms with Crippen LogP contribution >= 0.6 is 11.6 Å². The van der Waals surface area contributed by atoms with E-state index in [9.17, 15) is 9.59 Å². The van der Waals surface area contributed by atoms with E-state index in [1.165, 1.54) is 6.07 Å². The fourth-order valence-electron chi connectivity index (χ4n) is 1.57. The van der Waals surface area contributed by atoms with Gasteiger partial charge in [0.25, 0.3) is 5.91 Å². The molecule has 1 unspecified atom stereocenters. The smallest absolute Gasteiger partial charge is 0.251 e. The van der Waals surface area contributed by atoms with E-state index in [2.05, 4.69) is 10.6 Å². The predicted molar refractivity (Wildman–Crippen MR) is 77.6 cm³/mol. The first-order chi connectivity index (χ1) is 9.43. The predicted octanol–water partition coefficient (Wildman–Crippen LogP) is 1.20. The van der Waals surface area contributed by atoms with E-state index in [1.807, 2.05) is 13.8 Å². The van der Waals surface area contributed by atoms with Crippen molar-refractivity contribution in [1.82, 2.24) is 10.6 Å². The van der Waals surface area contributed by atoms with Crippen molar-refractivity contribution in [1.29, 1.82) is 0 Å². The quantitative estimate of drug-likeness (QED) is 0.738. The Kier molecular flexibility index (Phi) is 6.48. The highest BCUT2D eigenvalue weighted by Crippen LogP contribution is 2.10. The fourth-order valence-corrected chi connectivity index (χ4v) is 1.76. The van der Waals surface area contributed by atoms with Crippen molar-refractivity contribution < 1.29 is 14.7 Å². The van der Waals surface area contributed by atoms with Gasteiger partial charge in [-0.25, -0.2) is 0 Å². The molecule has 0 aromatic heterocycles. The highest BCUT2D eigenvalue weighted by Gasteiger charge is 2.15. The van der Waals surface area contributed by atoms with E-state index in [0.717, 1.165) is 0 Å². The molecule has 1 atom stereocenters. The molecule has 0 radical (unpaired) electrons. The number of benzene rings is 1. The molecule has 0 aliphatic heterocycles. The maximum atomic E-state index is 11.8. The maximum absolute atomic E-state index is 11.8. The number of halogens is 1. The number of aliphatic hydroxyl groups is 1. The van der Waals surface area contributed by atoms with Gasteiger partial charge in [0.2, 0.25) is 5.91 Å². The summed E-state index contributed by atoms with van der Waals surface area (Å²) in [6.45, 7) is 3.51. The van der Waals surface area contributed by atoms with Gasteiger partial charge >= 0.3 is 0 Å². The Bertz CT molecular complexity index is 477. The third kappa shape index (κ3) is 5.19. The van der Waals surface area contributed by atoms with Gasteiger partial charge < -0.3 is 15.7 Å². The lowest BCUT2D eigenvalue weighted by Gasteiger charge is -2.19. The first-order valence-electron chi connectivity index (χ1n) is 6.38. The van der Waals surface area contributed by atoms with E-state index in [1.54, 1.807) is 18.2 Å². The molecule has 0 aliphatic rings. The van der Waals surface area contributed by atoms with Gasteiger partial charge in [-0.1, -0.05) is 31.5 Å². The van der Waals surface area contributed by atoms with Crippen LogP contribution in [0.1, 0.15) is 24.2 Å². The molecule has 0 saturated carbocycles. The van der Waals surface area contributed by atoms with Gasteiger partial charge in [0.15, 0.2) is 0 Å². The van der Waals surface area contributed by atoms with Gasteiger partial charge in [-0.05, 0) is 24.1 Å². The van der Waals surface area contributed by atoms with Gasteiger partial charge in [-0.3, -0.25) is 9.59 Å². The van der Waals surface area contributed by atoms with E-state index in [4.69, 9.17) is 16.7 Å². The number of aliphatic hydroxyl groups excluding tert-OH is 1. The molecule has 20 heavy (non-hydrogen) atoms. The van der Waals surface area contributed by atoms with Crippen LogP contribution in [0.2, 0.25) is 5.02 Å². The molecule has 0 saturated heterocycles. The zero-order chi connectivity index (χ0) is 15.1. The Morgan fingerprint density at radius 2 is 2.05 bits per heavy atom. The van der Waals surface area contributed by atoms with E-state index < -0.39 is 0 Å². The Balaban J connectivity index is 2.47. The molecule has 2 amide bonds. The van der Waals surface area contributed by atoms with Gasteiger partial charge in [0, 0.05) is 10.6 Å². The van der Waals surface area contributed by atoms with Crippen molar-refractivity contribution in [2.24, 2.45) is 5.92 Å². The zero-order valence-corrected chi connectivity index (χ0v) is 12.3. The average molecular weight is 299 g/mol. The minimum Gasteiger partial charge on any atom is -0.394 e. The number of hydrogen-bond acceptors (Lipinski definition) is 3. The topological polar surface area (TPSA) is 78.4 Å². The molecule has 1 aromatic carbocycles. The molecule has 1 aromatic rings. The van der Waals surface area contributed by atoms with Crippen LogP contribution in [0.5, 0.6) is 0 Å². The van der Waals surface area contributed by atoms with Crippen LogP contribution in [0, 0.1) is 5.92 Å². The summed E-state index contributed by atoms with van der Waals surface area (Å²) in [5, 5.41) is 14.7. The largest absolute Gasteiger partial charge is 0.394 e. The Morgan fingerprint density at radius 1 is 1.35 bits per heavy atom. The van der Waals surface area contributed by atoms with Crippen LogP contribution in [0.3, 0.4) is 0 Å². The number of amides is 2. The molecular formula is C14H19ClN2O3. The molecule has 3 N–H and O–H groups in total. The Morgan fingerprint density at radius 3 is 2.60 bits per heavy atom. The molecule has 6 heteroatoms. The summed E-state index contributed by atoms with van der Waals surface area (Å²) in [5.74, 6) is -0.589. The zero-order valence-electron chi connectivity index (χ0n) is 11.5. The SMILES string of the molecule is CC(C)C(CO)NC(=O)CNC(=O)c1cccc(Cl)c1. The highest BCUT2D eigenvalue weighted by atomic mass is 35.5. The summed E-state index contributed by atoms with van der Waals surface area (Å²) >= 11 is 5.79. The molecule has 5 nitrogen and oxygen atoms in total. The molecule has 1 rings (SSSR count). The minimum atomic E-state index is -0.368. The lowest BCUT2D eigenvalue weighted by molar-refractivity contribution is -0.121. The van der Waals surface area contributed by atoms with Gasteiger partial charge in [0.1, 0.15) is 0 Å². The van der Waals surface area contributed by atoms with Crippen LogP contribution in [-0.4, -0.2) is 36.1 Å². The molecular weight excluding hydrogens is 280 g/mol. The third-order valence-corrected chi connectivity index (χ3v) is 3.08. The van der Waals surface area contributed by atoms with E-state index >= 15 is 0 Å². The van der Waals surface area contributed by atoms with Gasteiger partial charge in [-0.2, -0.15) is 0 Å². The fraction of sp³-hybridized carbons (Fsp3) is 0.429. The summed E-state index contributed by atoms with van der Waals surface area (Å²) in [6, 6.07) is 6.16. The van der Waals surface area contributed by atoms with Crippen LogP contribution in [-0.2, 0) is 4.79 Å². The molecule has 0 aliphatic carbocycles. The third-order valence-electron chi connectivity index (χ3n) is 2.84. The molecule has 0 bridgehead atoms. The molecule has 0 fully saturated rings. The monoisotopic (exact) mass is 298 g/mol. The number of carbonyl (C=O) groups excluding carboxylic acids is 2. The second-order valence-electron chi connectivity index (χ2n) is 4.79. The Hall–Kier alpha value is -1.59. The summed E-state index contributed by atoms with van der Waals surface area (Å²) < 4.78 is 0. The van der Waals surface area contributed by atoms with Crippen molar-refractivity contribution >= 4 is 23.4 Å². The second kappa shape index (κ2) is 7.87. The lowest BCUT2D eigenvalue weighted by atomic mass is 10.1. The average Bonchev–Trinajstić information content (AvgIpc) is 2.41. The van der Waals surface area contributed by atoms with E-state index in [0.29, 0.717) is 10.6 Å². The highest BCUT2D eigenvalue weighted by molar-refractivity contribution is 6.30. The van der Waals surface area contributed by atoms with Gasteiger partial charge in [-0.15, -0.1) is 0 Å². The first-order valence-corrected chi connectivity index (χ1v) is 6.75. The molecule has 0 heterocycles. The summed E-state index contributed by atoms with van der Waals surface area (Å²) in [4.78, 5) is 23.4. The molecule has 0 spiro atoms. The summed E-state index contributed by atoms with van der Waals surface area (Å²) in [5.41, 5.74) is 0.396. The number of rotatable bonds is 6. The van der Waals surface area contributed by atoms with Crippen molar-refractivity contribution in [2.75, 3.05) is 13.2 Å². The minimum absolute atomic E-state index is 0.118. The summed E-state index contributed by atoms with van der Waals surface area (Å²) in [7, 11) is 0. The number of nitrogens with one attached hydrogen (secondary N) is 2. The van der Waals surface area contributed by atoms with Crippen molar-refractivity contribution in [2.45, 2.75) is 19.9 Å². The van der Waals surface area contributed by atoms with Crippen LogP contribution in [0.4, 0.5) is 0 Å². The van der Waals surface area contributed by atoms with Crippen LogP contribution in [0.15, 0.2) is 24.3 Å². The Labute approximate surface area is 123 Å². The maximum Gasteiger partial charge on any atom is 0.251 e. The van der Waals surface area contributed by atoms with Crippen LogP contribution < -0.4 is 10.6 Å². The normalized spacial score (nSPS) is 12.1.